The van der Waals surface area contributed by atoms with Crippen molar-refractivity contribution in [1.82, 2.24) is 14.9 Å². The van der Waals surface area contributed by atoms with Crippen molar-refractivity contribution < 1.29 is 14.3 Å². The molecule has 1 amide bonds. The predicted octanol–water partition coefficient (Wildman–Crippen LogP) is 4.00. The summed E-state index contributed by atoms with van der Waals surface area (Å²) in [5, 5.41) is 1.01. The first-order valence-corrected chi connectivity index (χ1v) is 9.93. The molecule has 0 N–H and O–H groups in total. The fraction of sp³-hybridized carbons (Fsp3) is 0.348. The van der Waals surface area contributed by atoms with E-state index in [0.717, 1.165) is 46.3 Å². The van der Waals surface area contributed by atoms with Crippen LogP contribution in [0.3, 0.4) is 0 Å². The first-order valence-electron chi connectivity index (χ1n) is 9.93. The highest BCUT2D eigenvalue weighted by Gasteiger charge is 2.26. The summed E-state index contributed by atoms with van der Waals surface area (Å²) in [6.07, 6.45) is 5.04. The second-order valence-corrected chi connectivity index (χ2v) is 7.31. The van der Waals surface area contributed by atoms with Gasteiger partial charge in [-0.2, -0.15) is 0 Å². The van der Waals surface area contributed by atoms with Gasteiger partial charge in [0.15, 0.2) is 0 Å². The molecule has 0 aliphatic carbocycles. The summed E-state index contributed by atoms with van der Waals surface area (Å²) in [5.74, 6) is 1.60. The smallest absolute Gasteiger partial charge is 0.222 e. The molecule has 6 heteroatoms. The van der Waals surface area contributed by atoms with Crippen molar-refractivity contribution in [2.24, 2.45) is 0 Å². The van der Waals surface area contributed by atoms with Crippen LogP contribution in [0.5, 0.6) is 11.6 Å². The third kappa shape index (κ3) is 3.88. The molecule has 6 nitrogen and oxygen atoms in total. The Morgan fingerprint density at radius 3 is 2.86 bits per heavy atom. The predicted molar refractivity (Wildman–Crippen MR) is 112 cm³/mol. The summed E-state index contributed by atoms with van der Waals surface area (Å²) in [6.45, 7) is 5.28. The van der Waals surface area contributed by atoms with E-state index in [2.05, 4.69) is 16.0 Å². The molecular weight excluding hydrogens is 366 g/mol. The quantitative estimate of drug-likeness (QED) is 0.658. The molecule has 1 aliphatic heterocycles. The lowest BCUT2D eigenvalue weighted by atomic mass is 10.0. The molecule has 150 valence electrons. The van der Waals surface area contributed by atoms with Gasteiger partial charge in [-0.05, 0) is 42.8 Å². The van der Waals surface area contributed by atoms with Crippen molar-refractivity contribution in [1.29, 1.82) is 0 Å². The van der Waals surface area contributed by atoms with Gasteiger partial charge >= 0.3 is 0 Å². The molecule has 1 saturated heterocycles. The van der Waals surface area contributed by atoms with E-state index in [1.807, 2.05) is 55.4 Å². The molecule has 1 fully saturated rings. The molecule has 3 aromatic rings. The van der Waals surface area contributed by atoms with Gasteiger partial charge in [0, 0.05) is 48.3 Å². The standard InChI is InChI=1S/C23H25N3O3/c1-4-22(27)26-10-8-18(14-26)29-17-5-6-21-20(12-17)19(7-9-24-21)16-11-15(2)23(28-3)25-13-16/h5-7,9,11-13,18H,4,8,10,14H2,1-3H3/t18-/m0/s1. The van der Waals surface area contributed by atoms with E-state index < -0.39 is 0 Å². The maximum absolute atomic E-state index is 11.9. The number of amides is 1. The SMILES string of the molecule is CCC(=O)N1CC[C@H](Oc2ccc3nccc(-c4cnc(OC)c(C)c4)c3c2)C1. The van der Waals surface area contributed by atoms with E-state index in [4.69, 9.17) is 9.47 Å². The molecule has 0 unspecified atom stereocenters. The largest absolute Gasteiger partial charge is 0.488 e. The fourth-order valence-electron chi connectivity index (χ4n) is 3.84. The minimum absolute atomic E-state index is 0.0213. The number of hydrogen-bond acceptors (Lipinski definition) is 5. The van der Waals surface area contributed by atoms with Gasteiger partial charge in [0.1, 0.15) is 11.9 Å². The normalized spacial score (nSPS) is 16.2. The maximum atomic E-state index is 11.9. The van der Waals surface area contributed by atoms with Crippen LogP contribution < -0.4 is 9.47 Å². The number of pyridine rings is 2. The third-order valence-electron chi connectivity index (χ3n) is 5.35. The van der Waals surface area contributed by atoms with Crippen LogP contribution in [0, 0.1) is 6.92 Å². The Hall–Kier alpha value is -3.15. The van der Waals surface area contributed by atoms with Crippen molar-refractivity contribution in [3.63, 3.8) is 0 Å². The molecule has 0 bridgehead atoms. The van der Waals surface area contributed by atoms with Crippen molar-refractivity contribution >= 4 is 16.8 Å². The number of methoxy groups -OCH3 is 1. The Morgan fingerprint density at radius 1 is 1.24 bits per heavy atom. The zero-order valence-corrected chi connectivity index (χ0v) is 17.0. The maximum Gasteiger partial charge on any atom is 0.222 e. The number of aromatic nitrogens is 2. The zero-order valence-electron chi connectivity index (χ0n) is 17.0. The van der Waals surface area contributed by atoms with E-state index in [1.54, 1.807) is 7.11 Å². The molecule has 29 heavy (non-hydrogen) atoms. The van der Waals surface area contributed by atoms with Crippen LogP contribution in [-0.2, 0) is 4.79 Å². The molecule has 0 radical (unpaired) electrons. The number of likely N-dealkylation sites (tertiary alicyclic amines) is 1. The number of benzene rings is 1. The number of hydrogen-bond donors (Lipinski definition) is 0. The highest BCUT2D eigenvalue weighted by atomic mass is 16.5. The van der Waals surface area contributed by atoms with Crippen molar-refractivity contribution in [2.45, 2.75) is 32.8 Å². The second kappa shape index (κ2) is 8.07. The Morgan fingerprint density at radius 2 is 2.10 bits per heavy atom. The summed E-state index contributed by atoms with van der Waals surface area (Å²) in [6, 6.07) is 10.0. The van der Waals surface area contributed by atoms with Crippen LogP contribution in [0.15, 0.2) is 42.7 Å². The monoisotopic (exact) mass is 391 g/mol. The number of fused-ring (bicyclic) bond motifs is 1. The molecule has 0 saturated carbocycles. The molecule has 3 heterocycles. The van der Waals surface area contributed by atoms with Crippen molar-refractivity contribution in [3.05, 3.63) is 48.3 Å². The van der Waals surface area contributed by atoms with E-state index in [0.29, 0.717) is 18.8 Å². The van der Waals surface area contributed by atoms with Gasteiger partial charge in [0.05, 0.1) is 19.2 Å². The van der Waals surface area contributed by atoms with Crippen LogP contribution in [0.4, 0.5) is 0 Å². The van der Waals surface area contributed by atoms with Crippen LogP contribution in [0.25, 0.3) is 22.0 Å². The molecule has 0 spiro atoms. The highest BCUT2D eigenvalue weighted by molar-refractivity contribution is 5.95. The van der Waals surface area contributed by atoms with Crippen LogP contribution >= 0.6 is 0 Å². The zero-order chi connectivity index (χ0) is 20.4. The van der Waals surface area contributed by atoms with Crippen LogP contribution in [0.1, 0.15) is 25.3 Å². The summed E-state index contributed by atoms with van der Waals surface area (Å²) < 4.78 is 11.5. The Balaban J connectivity index is 1.63. The van der Waals surface area contributed by atoms with Crippen LogP contribution in [0.2, 0.25) is 0 Å². The molecule has 2 aromatic heterocycles. The third-order valence-corrected chi connectivity index (χ3v) is 5.35. The fourth-order valence-corrected chi connectivity index (χ4v) is 3.84. The number of nitrogens with zero attached hydrogens (tertiary/aromatic N) is 3. The summed E-state index contributed by atoms with van der Waals surface area (Å²) >= 11 is 0. The van der Waals surface area contributed by atoms with Crippen LogP contribution in [-0.4, -0.2) is 47.1 Å². The number of ether oxygens (including phenoxy) is 2. The van der Waals surface area contributed by atoms with E-state index >= 15 is 0 Å². The number of rotatable bonds is 5. The molecule has 1 aliphatic rings. The summed E-state index contributed by atoms with van der Waals surface area (Å²) in [7, 11) is 1.62. The number of carbonyl (C=O) groups is 1. The number of aryl methyl sites for hydroxylation is 1. The minimum Gasteiger partial charge on any atom is -0.488 e. The highest BCUT2D eigenvalue weighted by Crippen LogP contribution is 2.32. The summed E-state index contributed by atoms with van der Waals surface area (Å²) in [4.78, 5) is 22.7. The van der Waals surface area contributed by atoms with Gasteiger partial charge in [0.2, 0.25) is 11.8 Å². The summed E-state index contributed by atoms with van der Waals surface area (Å²) in [5.41, 5.74) is 3.94. The average Bonchev–Trinajstić information content (AvgIpc) is 3.21. The van der Waals surface area contributed by atoms with Crippen molar-refractivity contribution in [2.75, 3.05) is 20.2 Å². The Bertz CT molecular complexity index is 1050. The first-order chi connectivity index (χ1) is 14.1. The van der Waals surface area contributed by atoms with E-state index in [9.17, 15) is 4.79 Å². The van der Waals surface area contributed by atoms with Gasteiger partial charge in [-0.25, -0.2) is 4.98 Å². The molecule has 1 atom stereocenters. The average molecular weight is 391 g/mol. The first kappa shape index (κ1) is 19.2. The number of carbonyl (C=O) groups excluding carboxylic acids is 1. The van der Waals surface area contributed by atoms with E-state index in [-0.39, 0.29) is 12.0 Å². The van der Waals surface area contributed by atoms with Crippen molar-refractivity contribution in [3.8, 4) is 22.8 Å². The lowest BCUT2D eigenvalue weighted by Gasteiger charge is -2.17. The molecule has 4 rings (SSSR count). The Kier molecular flexibility index (Phi) is 5.34. The second-order valence-electron chi connectivity index (χ2n) is 7.31. The van der Waals surface area contributed by atoms with Gasteiger partial charge in [-0.3, -0.25) is 9.78 Å². The van der Waals surface area contributed by atoms with Gasteiger partial charge in [-0.15, -0.1) is 0 Å². The van der Waals surface area contributed by atoms with E-state index in [1.165, 1.54) is 0 Å². The molecule has 1 aromatic carbocycles. The lowest BCUT2D eigenvalue weighted by molar-refractivity contribution is -0.130. The van der Waals surface area contributed by atoms with Gasteiger partial charge < -0.3 is 14.4 Å². The lowest BCUT2D eigenvalue weighted by Crippen LogP contribution is -2.30. The Labute approximate surface area is 170 Å². The minimum atomic E-state index is 0.0213. The van der Waals surface area contributed by atoms with Gasteiger partial charge in [0.25, 0.3) is 0 Å². The topological polar surface area (TPSA) is 64.6 Å². The van der Waals surface area contributed by atoms with Gasteiger partial charge in [-0.1, -0.05) is 6.92 Å². The molecular formula is C23H25N3O3.